The van der Waals surface area contributed by atoms with E-state index < -0.39 is 29.1 Å². The van der Waals surface area contributed by atoms with Crippen LogP contribution in [0.3, 0.4) is 0 Å². The molecule has 0 aliphatic heterocycles. The smallest absolute Gasteiger partial charge is 0.134 e. The molecule has 1 aromatic carbocycles. The van der Waals surface area contributed by atoms with E-state index in [0.29, 0.717) is 18.1 Å². The molecule has 4 heteroatoms. The van der Waals surface area contributed by atoms with Crippen LogP contribution in [-0.2, 0) is 0 Å². The van der Waals surface area contributed by atoms with Gasteiger partial charge < -0.3 is 5.11 Å². The Kier molecular flexibility index (Phi) is 5.20. The molecule has 2 unspecified atom stereocenters. The summed E-state index contributed by atoms with van der Waals surface area (Å²) in [7, 11) is 0. The van der Waals surface area contributed by atoms with Crippen LogP contribution in [0.4, 0.5) is 13.2 Å². The van der Waals surface area contributed by atoms with Gasteiger partial charge in [0, 0.05) is 12.1 Å². The largest absolute Gasteiger partial charge is 0.388 e. The third-order valence-electron chi connectivity index (χ3n) is 2.88. The van der Waals surface area contributed by atoms with Crippen LogP contribution in [-0.4, -0.2) is 5.11 Å². The standard InChI is InChI=1S/C14H19F3O/c1-8(2)4-9(3)5-13(18)14-11(16)6-10(15)7-12(14)17/h6-9,13,18H,4-5H2,1-3H3. The van der Waals surface area contributed by atoms with Crippen molar-refractivity contribution >= 4 is 0 Å². The highest BCUT2D eigenvalue weighted by molar-refractivity contribution is 5.23. The van der Waals surface area contributed by atoms with Gasteiger partial charge >= 0.3 is 0 Å². The maximum Gasteiger partial charge on any atom is 0.134 e. The number of halogens is 3. The Morgan fingerprint density at radius 3 is 1.94 bits per heavy atom. The Hall–Kier alpha value is -1.03. The monoisotopic (exact) mass is 260 g/mol. The highest BCUT2D eigenvalue weighted by atomic mass is 19.1. The predicted octanol–water partition coefficient (Wildman–Crippen LogP) is 4.21. The highest BCUT2D eigenvalue weighted by Crippen LogP contribution is 2.29. The number of rotatable bonds is 5. The zero-order chi connectivity index (χ0) is 13.9. The van der Waals surface area contributed by atoms with Gasteiger partial charge in [-0.05, 0) is 24.7 Å². The summed E-state index contributed by atoms with van der Waals surface area (Å²) < 4.78 is 39.6. The van der Waals surface area contributed by atoms with E-state index in [9.17, 15) is 18.3 Å². The molecule has 0 aromatic heterocycles. The van der Waals surface area contributed by atoms with Gasteiger partial charge in [-0.25, -0.2) is 13.2 Å². The lowest BCUT2D eigenvalue weighted by Crippen LogP contribution is -2.10. The number of hydrogen-bond donors (Lipinski definition) is 1. The number of benzene rings is 1. The Morgan fingerprint density at radius 1 is 1.00 bits per heavy atom. The van der Waals surface area contributed by atoms with E-state index in [1.165, 1.54) is 0 Å². The summed E-state index contributed by atoms with van der Waals surface area (Å²) in [6.07, 6.45) is -0.113. The number of hydrogen-bond acceptors (Lipinski definition) is 1. The number of aliphatic hydroxyl groups is 1. The first kappa shape index (κ1) is 15.0. The Bertz CT molecular complexity index is 381. The lowest BCUT2D eigenvalue weighted by Gasteiger charge is -2.19. The molecule has 0 aliphatic rings. The van der Waals surface area contributed by atoms with Crippen LogP contribution >= 0.6 is 0 Å². The van der Waals surface area contributed by atoms with Gasteiger partial charge in [0.2, 0.25) is 0 Å². The topological polar surface area (TPSA) is 20.2 Å². The summed E-state index contributed by atoms with van der Waals surface area (Å²) in [4.78, 5) is 0. The van der Waals surface area contributed by atoms with Gasteiger partial charge in [-0.1, -0.05) is 20.8 Å². The molecule has 0 saturated heterocycles. The van der Waals surface area contributed by atoms with Gasteiger partial charge in [-0.15, -0.1) is 0 Å². The first-order chi connectivity index (χ1) is 8.31. The molecule has 0 bridgehead atoms. The van der Waals surface area contributed by atoms with Gasteiger partial charge in [-0.3, -0.25) is 0 Å². The van der Waals surface area contributed by atoms with Gasteiger partial charge in [0.1, 0.15) is 17.5 Å². The minimum Gasteiger partial charge on any atom is -0.388 e. The van der Waals surface area contributed by atoms with Gasteiger partial charge in [-0.2, -0.15) is 0 Å². The summed E-state index contributed by atoms with van der Waals surface area (Å²) >= 11 is 0. The summed E-state index contributed by atoms with van der Waals surface area (Å²) in [5.41, 5.74) is -0.438. The van der Waals surface area contributed by atoms with Gasteiger partial charge in [0.05, 0.1) is 11.7 Å². The molecule has 18 heavy (non-hydrogen) atoms. The molecular weight excluding hydrogens is 241 g/mol. The van der Waals surface area contributed by atoms with Crippen molar-refractivity contribution in [2.75, 3.05) is 0 Å². The molecule has 1 N–H and O–H groups in total. The van der Waals surface area contributed by atoms with Crippen LogP contribution in [0.2, 0.25) is 0 Å². The molecule has 0 spiro atoms. The zero-order valence-electron chi connectivity index (χ0n) is 10.9. The third-order valence-corrected chi connectivity index (χ3v) is 2.88. The lowest BCUT2D eigenvalue weighted by molar-refractivity contribution is 0.133. The van der Waals surface area contributed by atoms with Crippen molar-refractivity contribution in [2.45, 2.75) is 39.7 Å². The highest BCUT2D eigenvalue weighted by Gasteiger charge is 2.21. The first-order valence-electron chi connectivity index (χ1n) is 6.13. The summed E-state index contributed by atoms with van der Waals surface area (Å²) in [6.45, 7) is 6.01. The van der Waals surface area contributed by atoms with Crippen molar-refractivity contribution in [2.24, 2.45) is 11.8 Å². The SMILES string of the molecule is CC(C)CC(C)CC(O)c1c(F)cc(F)cc1F. The number of aliphatic hydroxyl groups excluding tert-OH is 1. The lowest BCUT2D eigenvalue weighted by atomic mass is 9.91. The van der Waals surface area contributed by atoms with E-state index in [1.807, 2.05) is 20.8 Å². The van der Waals surface area contributed by atoms with E-state index >= 15 is 0 Å². The molecule has 1 rings (SSSR count). The second-order valence-electron chi connectivity index (χ2n) is 5.27. The Labute approximate surface area is 106 Å². The molecule has 0 aliphatic carbocycles. The maximum atomic E-state index is 13.4. The third kappa shape index (κ3) is 4.02. The molecule has 102 valence electrons. The van der Waals surface area contributed by atoms with Crippen LogP contribution in [0.1, 0.15) is 45.3 Å². The van der Waals surface area contributed by atoms with Crippen molar-refractivity contribution in [3.63, 3.8) is 0 Å². The molecule has 0 amide bonds. The van der Waals surface area contributed by atoms with Crippen LogP contribution in [0.5, 0.6) is 0 Å². The van der Waals surface area contributed by atoms with E-state index in [-0.39, 0.29) is 12.3 Å². The maximum absolute atomic E-state index is 13.4. The van der Waals surface area contributed by atoms with Crippen molar-refractivity contribution < 1.29 is 18.3 Å². The van der Waals surface area contributed by atoms with E-state index in [0.717, 1.165) is 6.42 Å². The van der Waals surface area contributed by atoms with Crippen molar-refractivity contribution in [3.05, 3.63) is 35.1 Å². The average Bonchev–Trinajstić information content (AvgIpc) is 2.12. The Morgan fingerprint density at radius 2 is 1.50 bits per heavy atom. The minimum atomic E-state index is -1.24. The molecule has 0 heterocycles. The first-order valence-corrected chi connectivity index (χ1v) is 6.13. The molecule has 2 atom stereocenters. The van der Waals surface area contributed by atoms with Crippen LogP contribution in [0.25, 0.3) is 0 Å². The van der Waals surface area contributed by atoms with E-state index in [4.69, 9.17) is 0 Å². The molecule has 1 aromatic rings. The summed E-state index contributed by atoms with van der Waals surface area (Å²) in [5.74, 6) is -2.44. The summed E-state index contributed by atoms with van der Waals surface area (Å²) in [6, 6.07) is 1.18. The quantitative estimate of drug-likeness (QED) is 0.840. The molecule has 0 saturated carbocycles. The molecule has 0 radical (unpaired) electrons. The normalized spacial score (nSPS) is 14.9. The van der Waals surface area contributed by atoms with Crippen LogP contribution < -0.4 is 0 Å². The average molecular weight is 260 g/mol. The van der Waals surface area contributed by atoms with Crippen molar-refractivity contribution in [1.29, 1.82) is 0 Å². The van der Waals surface area contributed by atoms with Gasteiger partial charge in [0.15, 0.2) is 0 Å². The van der Waals surface area contributed by atoms with Gasteiger partial charge in [0.25, 0.3) is 0 Å². The van der Waals surface area contributed by atoms with Crippen LogP contribution in [0, 0.1) is 29.3 Å². The predicted molar refractivity (Wildman–Crippen MR) is 64.5 cm³/mol. The summed E-state index contributed by atoms with van der Waals surface area (Å²) in [5, 5.41) is 9.85. The second-order valence-corrected chi connectivity index (χ2v) is 5.27. The molecular formula is C14H19F3O. The molecule has 0 fully saturated rings. The van der Waals surface area contributed by atoms with Crippen molar-refractivity contribution in [3.8, 4) is 0 Å². The minimum absolute atomic E-state index is 0.142. The van der Waals surface area contributed by atoms with E-state index in [2.05, 4.69) is 0 Å². The fraction of sp³-hybridized carbons (Fsp3) is 0.571. The van der Waals surface area contributed by atoms with E-state index in [1.54, 1.807) is 0 Å². The molecule has 1 nitrogen and oxygen atoms in total. The fourth-order valence-corrected chi connectivity index (χ4v) is 2.27. The van der Waals surface area contributed by atoms with Crippen molar-refractivity contribution in [1.82, 2.24) is 0 Å². The fourth-order valence-electron chi connectivity index (χ4n) is 2.27. The second kappa shape index (κ2) is 6.23. The van der Waals surface area contributed by atoms with Crippen LogP contribution in [0.15, 0.2) is 12.1 Å². The zero-order valence-corrected chi connectivity index (χ0v) is 10.9. The Balaban J connectivity index is 2.81.